The van der Waals surface area contributed by atoms with Crippen molar-refractivity contribution in [2.24, 2.45) is 5.73 Å². The summed E-state index contributed by atoms with van der Waals surface area (Å²) >= 11 is 0. The molecule has 0 saturated heterocycles. The summed E-state index contributed by atoms with van der Waals surface area (Å²) in [5, 5.41) is 0. The average molecular weight is 173 g/mol. The Kier molecular flexibility index (Phi) is 1.97. The maximum atomic E-state index is 6.31. The molecule has 1 aromatic carbocycles. The quantitative estimate of drug-likeness (QED) is 0.683. The molecule has 13 heavy (non-hydrogen) atoms. The van der Waals surface area contributed by atoms with Gasteiger partial charge in [-0.3, -0.25) is 0 Å². The molecule has 0 aliphatic heterocycles. The van der Waals surface area contributed by atoms with E-state index in [0.29, 0.717) is 0 Å². The number of nitrogens with two attached hydrogens (primary N) is 1. The van der Waals surface area contributed by atoms with Crippen LogP contribution in [0, 0.1) is 0 Å². The predicted molar refractivity (Wildman–Crippen MR) is 55.4 cm³/mol. The predicted octanol–water partition coefficient (Wildman–Crippen LogP) is 2.36. The van der Waals surface area contributed by atoms with Gasteiger partial charge in [-0.1, -0.05) is 30.3 Å². The van der Waals surface area contributed by atoms with E-state index >= 15 is 0 Å². The van der Waals surface area contributed by atoms with Crippen molar-refractivity contribution >= 4 is 0 Å². The molecule has 1 heteroatoms. The van der Waals surface area contributed by atoms with Crippen molar-refractivity contribution in [1.82, 2.24) is 0 Å². The fourth-order valence-corrected chi connectivity index (χ4v) is 2.19. The molecule has 1 aromatic rings. The van der Waals surface area contributed by atoms with Crippen molar-refractivity contribution in [3.63, 3.8) is 0 Å². The van der Waals surface area contributed by atoms with Gasteiger partial charge in [0.15, 0.2) is 0 Å². The van der Waals surface area contributed by atoms with Crippen LogP contribution < -0.4 is 5.73 Å². The van der Waals surface area contributed by atoms with Gasteiger partial charge in [0.25, 0.3) is 0 Å². The minimum absolute atomic E-state index is 0.141. The number of rotatable bonds is 2. The molecule has 1 atom stereocenters. The topological polar surface area (TPSA) is 26.0 Å². The van der Waals surface area contributed by atoms with Crippen molar-refractivity contribution in [3.05, 3.63) is 48.0 Å². The Bertz CT molecular complexity index is 330. The molecule has 0 aromatic heterocycles. The van der Waals surface area contributed by atoms with Gasteiger partial charge in [-0.15, -0.1) is 6.58 Å². The van der Waals surface area contributed by atoms with Gasteiger partial charge in [0, 0.05) is 5.54 Å². The first kappa shape index (κ1) is 8.52. The van der Waals surface area contributed by atoms with Crippen molar-refractivity contribution in [1.29, 1.82) is 0 Å². The van der Waals surface area contributed by atoms with Gasteiger partial charge in [-0.05, 0) is 30.4 Å². The number of aryl methyl sites for hydroxylation is 1. The van der Waals surface area contributed by atoms with E-state index in [1.54, 1.807) is 0 Å². The highest BCUT2D eigenvalue weighted by molar-refractivity contribution is 5.38. The lowest BCUT2D eigenvalue weighted by Crippen LogP contribution is -2.33. The van der Waals surface area contributed by atoms with E-state index in [1.807, 2.05) is 6.08 Å². The molecule has 0 radical (unpaired) electrons. The third-order valence-corrected chi connectivity index (χ3v) is 2.90. The van der Waals surface area contributed by atoms with Gasteiger partial charge in [-0.2, -0.15) is 0 Å². The van der Waals surface area contributed by atoms with Crippen LogP contribution in [0.5, 0.6) is 0 Å². The highest BCUT2D eigenvalue weighted by Crippen LogP contribution is 2.37. The zero-order chi connectivity index (χ0) is 9.31. The summed E-state index contributed by atoms with van der Waals surface area (Å²) in [7, 11) is 0. The molecule has 1 aliphatic carbocycles. The SMILES string of the molecule is C=CCC1(N)CCc2ccccc21. The van der Waals surface area contributed by atoms with Crippen molar-refractivity contribution in [2.45, 2.75) is 24.8 Å². The summed E-state index contributed by atoms with van der Waals surface area (Å²) < 4.78 is 0. The second-order valence-corrected chi connectivity index (χ2v) is 3.81. The van der Waals surface area contributed by atoms with Crippen LogP contribution in [-0.4, -0.2) is 0 Å². The van der Waals surface area contributed by atoms with E-state index in [2.05, 4.69) is 30.8 Å². The molecule has 0 fully saturated rings. The van der Waals surface area contributed by atoms with Crippen molar-refractivity contribution < 1.29 is 0 Å². The highest BCUT2D eigenvalue weighted by Gasteiger charge is 2.32. The lowest BCUT2D eigenvalue weighted by molar-refractivity contribution is 0.448. The number of benzene rings is 1. The average Bonchev–Trinajstić information content (AvgIpc) is 2.46. The molecule has 0 bridgehead atoms. The van der Waals surface area contributed by atoms with Crippen molar-refractivity contribution in [3.8, 4) is 0 Å². The monoisotopic (exact) mass is 173 g/mol. The first-order chi connectivity index (χ1) is 6.26. The minimum Gasteiger partial charge on any atom is -0.321 e. The van der Waals surface area contributed by atoms with E-state index in [0.717, 1.165) is 19.3 Å². The molecule has 0 heterocycles. The highest BCUT2D eigenvalue weighted by atomic mass is 14.8. The largest absolute Gasteiger partial charge is 0.321 e. The van der Waals surface area contributed by atoms with Gasteiger partial charge in [0.1, 0.15) is 0 Å². The van der Waals surface area contributed by atoms with Gasteiger partial charge < -0.3 is 5.73 Å². The first-order valence-electron chi connectivity index (χ1n) is 4.74. The van der Waals surface area contributed by atoms with Gasteiger partial charge in [-0.25, -0.2) is 0 Å². The smallest absolute Gasteiger partial charge is 0.0450 e. The molecule has 1 nitrogen and oxygen atoms in total. The van der Waals surface area contributed by atoms with Crippen molar-refractivity contribution in [2.75, 3.05) is 0 Å². The molecule has 0 amide bonds. The van der Waals surface area contributed by atoms with Crippen LogP contribution in [0.1, 0.15) is 24.0 Å². The summed E-state index contributed by atoms with van der Waals surface area (Å²) in [4.78, 5) is 0. The van der Waals surface area contributed by atoms with Crippen LogP contribution in [0.3, 0.4) is 0 Å². The lowest BCUT2D eigenvalue weighted by atomic mass is 9.90. The standard InChI is InChI=1S/C12H15N/c1-2-8-12(13)9-7-10-5-3-4-6-11(10)12/h2-6H,1,7-9,13H2. The molecule has 2 rings (SSSR count). The van der Waals surface area contributed by atoms with Gasteiger partial charge in [0.2, 0.25) is 0 Å². The second kappa shape index (κ2) is 3.00. The molecule has 2 N–H and O–H groups in total. The molecule has 1 aliphatic rings. The fourth-order valence-electron chi connectivity index (χ4n) is 2.19. The maximum absolute atomic E-state index is 6.31. The van der Waals surface area contributed by atoms with E-state index in [9.17, 15) is 0 Å². The van der Waals surface area contributed by atoms with E-state index in [-0.39, 0.29) is 5.54 Å². The molecule has 1 unspecified atom stereocenters. The summed E-state index contributed by atoms with van der Waals surface area (Å²) in [6, 6.07) is 8.46. The summed E-state index contributed by atoms with van der Waals surface area (Å²) in [5.41, 5.74) is 8.89. The Morgan fingerprint density at radius 1 is 1.46 bits per heavy atom. The summed E-state index contributed by atoms with van der Waals surface area (Å²) in [5.74, 6) is 0. The van der Waals surface area contributed by atoms with E-state index in [4.69, 9.17) is 5.73 Å². The Balaban J connectivity index is 2.42. The van der Waals surface area contributed by atoms with E-state index in [1.165, 1.54) is 11.1 Å². The summed E-state index contributed by atoms with van der Waals surface area (Å²) in [6.45, 7) is 3.76. The van der Waals surface area contributed by atoms with Crippen LogP contribution in [0.15, 0.2) is 36.9 Å². The Labute approximate surface area is 79.3 Å². The zero-order valence-corrected chi connectivity index (χ0v) is 7.79. The first-order valence-corrected chi connectivity index (χ1v) is 4.74. The lowest BCUT2D eigenvalue weighted by Gasteiger charge is -2.23. The number of hydrogen-bond donors (Lipinski definition) is 1. The third-order valence-electron chi connectivity index (χ3n) is 2.90. The Morgan fingerprint density at radius 3 is 3.00 bits per heavy atom. The fraction of sp³-hybridized carbons (Fsp3) is 0.333. The molecule has 68 valence electrons. The normalized spacial score (nSPS) is 25.6. The number of fused-ring (bicyclic) bond motifs is 1. The molecule has 0 spiro atoms. The Hall–Kier alpha value is -1.08. The number of hydrogen-bond acceptors (Lipinski definition) is 1. The maximum Gasteiger partial charge on any atom is 0.0450 e. The van der Waals surface area contributed by atoms with Gasteiger partial charge >= 0.3 is 0 Å². The minimum atomic E-state index is -0.141. The third kappa shape index (κ3) is 1.29. The molecular weight excluding hydrogens is 158 g/mol. The van der Waals surface area contributed by atoms with Crippen LogP contribution in [0.4, 0.5) is 0 Å². The van der Waals surface area contributed by atoms with Gasteiger partial charge in [0.05, 0.1) is 0 Å². The van der Waals surface area contributed by atoms with Crippen LogP contribution in [0.25, 0.3) is 0 Å². The van der Waals surface area contributed by atoms with Crippen LogP contribution in [0.2, 0.25) is 0 Å². The van der Waals surface area contributed by atoms with Crippen LogP contribution >= 0.6 is 0 Å². The Morgan fingerprint density at radius 2 is 2.23 bits per heavy atom. The molecule has 0 saturated carbocycles. The zero-order valence-electron chi connectivity index (χ0n) is 7.79. The summed E-state index contributed by atoms with van der Waals surface area (Å²) in [6.07, 6.45) is 4.96. The van der Waals surface area contributed by atoms with Crippen LogP contribution in [-0.2, 0) is 12.0 Å². The molecular formula is C12H15N. The second-order valence-electron chi connectivity index (χ2n) is 3.81. The van der Waals surface area contributed by atoms with E-state index < -0.39 is 0 Å².